The van der Waals surface area contributed by atoms with Crippen LogP contribution >= 0.6 is 11.6 Å². The second-order valence-electron chi connectivity index (χ2n) is 4.23. The van der Waals surface area contributed by atoms with E-state index in [0.29, 0.717) is 10.6 Å². The summed E-state index contributed by atoms with van der Waals surface area (Å²) in [4.78, 5) is 0. The van der Waals surface area contributed by atoms with Crippen molar-refractivity contribution in [3.8, 4) is 0 Å². The van der Waals surface area contributed by atoms with E-state index in [-0.39, 0.29) is 24.0 Å². The van der Waals surface area contributed by atoms with E-state index in [1.807, 2.05) is 0 Å². The van der Waals surface area contributed by atoms with Gasteiger partial charge in [0.15, 0.2) is 0 Å². The Bertz CT molecular complexity index is 696. The maximum absolute atomic E-state index is 12.3. The predicted molar refractivity (Wildman–Crippen MR) is 74.7 cm³/mol. The number of nitrogens with zero attached hydrogens (tertiary/aromatic N) is 1. The molecule has 0 amide bonds. The number of furan rings is 1. The topological polar surface area (TPSA) is 70.8 Å². The van der Waals surface area contributed by atoms with Crippen LogP contribution in [0.3, 0.4) is 0 Å². The summed E-state index contributed by atoms with van der Waals surface area (Å²) in [5.74, 6) is 0.203. The minimum absolute atomic E-state index is 0.136. The Hall–Kier alpha value is -1.34. The fourth-order valence-electron chi connectivity index (χ4n) is 1.69. The van der Waals surface area contributed by atoms with E-state index in [4.69, 9.17) is 21.1 Å². The zero-order valence-corrected chi connectivity index (χ0v) is 12.4. The van der Waals surface area contributed by atoms with Crippen molar-refractivity contribution in [1.82, 2.24) is 4.31 Å². The van der Waals surface area contributed by atoms with Crippen LogP contribution in [-0.2, 0) is 23.2 Å². The molecule has 5 nitrogen and oxygen atoms in total. The van der Waals surface area contributed by atoms with Crippen LogP contribution in [0.1, 0.15) is 11.3 Å². The number of aliphatic hydroxyl groups excluding tert-OH is 1. The van der Waals surface area contributed by atoms with Crippen LogP contribution < -0.4 is 0 Å². The molecule has 0 saturated heterocycles. The molecule has 108 valence electrons. The van der Waals surface area contributed by atoms with Gasteiger partial charge >= 0.3 is 0 Å². The molecule has 0 spiro atoms. The van der Waals surface area contributed by atoms with Gasteiger partial charge in [-0.15, -0.1) is 0 Å². The summed E-state index contributed by atoms with van der Waals surface area (Å²) in [5, 5.41) is 9.21. The minimum Gasteiger partial charge on any atom is -0.446 e. The molecule has 1 N–H and O–H groups in total. The zero-order valence-electron chi connectivity index (χ0n) is 10.8. The van der Waals surface area contributed by atoms with Crippen LogP contribution in [0, 0.1) is 0 Å². The Balaban J connectivity index is 2.23. The summed E-state index contributed by atoms with van der Waals surface area (Å²) < 4.78 is 30.8. The lowest BCUT2D eigenvalue weighted by Gasteiger charge is -2.16. The number of sulfonamides is 1. The molecule has 0 aliphatic rings. The van der Waals surface area contributed by atoms with Gasteiger partial charge < -0.3 is 9.52 Å². The van der Waals surface area contributed by atoms with Crippen LogP contribution in [0.2, 0.25) is 5.02 Å². The molecular weight excluding hydrogens is 302 g/mol. The van der Waals surface area contributed by atoms with Crippen molar-refractivity contribution in [2.75, 3.05) is 7.05 Å². The van der Waals surface area contributed by atoms with Crippen LogP contribution in [0.15, 0.2) is 45.9 Å². The van der Waals surface area contributed by atoms with E-state index in [1.165, 1.54) is 19.2 Å². The second kappa shape index (κ2) is 5.97. The number of hydrogen-bond donors (Lipinski definition) is 1. The SMILES string of the molecule is CN(Cc1ccccc1Cl)S(=O)(=O)c1ccc(CO)o1. The summed E-state index contributed by atoms with van der Waals surface area (Å²) in [5.41, 5.74) is 0.703. The summed E-state index contributed by atoms with van der Waals surface area (Å²) >= 11 is 6.01. The van der Waals surface area contributed by atoms with Crippen molar-refractivity contribution in [3.63, 3.8) is 0 Å². The third kappa shape index (κ3) is 3.04. The molecule has 0 atom stereocenters. The molecule has 20 heavy (non-hydrogen) atoms. The summed E-state index contributed by atoms with van der Waals surface area (Å²) in [6, 6.07) is 9.78. The fourth-order valence-corrected chi connectivity index (χ4v) is 2.95. The number of hydrogen-bond acceptors (Lipinski definition) is 4. The smallest absolute Gasteiger partial charge is 0.276 e. The maximum Gasteiger partial charge on any atom is 0.276 e. The van der Waals surface area contributed by atoms with Gasteiger partial charge in [-0.05, 0) is 23.8 Å². The molecule has 2 rings (SSSR count). The monoisotopic (exact) mass is 315 g/mol. The molecule has 0 bridgehead atoms. The average Bonchev–Trinajstić information content (AvgIpc) is 2.90. The highest BCUT2D eigenvalue weighted by Gasteiger charge is 2.25. The first-order valence-electron chi connectivity index (χ1n) is 5.84. The average molecular weight is 316 g/mol. The van der Waals surface area contributed by atoms with Crippen LogP contribution in [0.25, 0.3) is 0 Å². The maximum atomic E-state index is 12.3. The van der Waals surface area contributed by atoms with Crippen molar-refractivity contribution < 1.29 is 17.9 Å². The van der Waals surface area contributed by atoms with E-state index in [1.54, 1.807) is 24.3 Å². The molecule has 0 fully saturated rings. The quantitative estimate of drug-likeness (QED) is 0.918. The van der Waals surface area contributed by atoms with E-state index >= 15 is 0 Å². The number of benzene rings is 1. The number of halogens is 1. The Kier molecular flexibility index (Phi) is 4.49. The Morgan fingerprint density at radius 3 is 2.55 bits per heavy atom. The summed E-state index contributed by atoms with van der Waals surface area (Å²) in [6.07, 6.45) is 0. The van der Waals surface area contributed by atoms with E-state index < -0.39 is 10.0 Å². The molecule has 0 unspecified atom stereocenters. The first-order valence-corrected chi connectivity index (χ1v) is 7.66. The molecule has 0 aliphatic heterocycles. The number of aliphatic hydroxyl groups is 1. The largest absolute Gasteiger partial charge is 0.446 e. The molecule has 1 aromatic carbocycles. The van der Waals surface area contributed by atoms with Gasteiger partial charge in [0.05, 0.1) is 0 Å². The number of rotatable bonds is 5. The molecule has 7 heteroatoms. The van der Waals surface area contributed by atoms with Crippen LogP contribution in [0.4, 0.5) is 0 Å². The van der Waals surface area contributed by atoms with Gasteiger partial charge in [0, 0.05) is 18.6 Å². The van der Waals surface area contributed by atoms with Crippen LogP contribution in [-0.4, -0.2) is 24.9 Å². The minimum atomic E-state index is -3.75. The van der Waals surface area contributed by atoms with Crippen molar-refractivity contribution in [2.45, 2.75) is 18.2 Å². The first-order chi connectivity index (χ1) is 9.45. The highest BCUT2D eigenvalue weighted by Crippen LogP contribution is 2.22. The highest BCUT2D eigenvalue weighted by atomic mass is 35.5. The van der Waals surface area contributed by atoms with Crippen molar-refractivity contribution >= 4 is 21.6 Å². The molecule has 0 radical (unpaired) electrons. The van der Waals surface area contributed by atoms with Crippen molar-refractivity contribution in [2.24, 2.45) is 0 Å². The van der Waals surface area contributed by atoms with Gasteiger partial charge in [0.2, 0.25) is 5.09 Å². The molecule has 1 heterocycles. The normalized spacial score (nSPS) is 12.0. The van der Waals surface area contributed by atoms with Gasteiger partial charge in [-0.3, -0.25) is 0 Å². The fraction of sp³-hybridized carbons (Fsp3) is 0.231. The molecule has 0 aliphatic carbocycles. The van der Waals surface area contributed by atoms with Crippen LogP contribution in [0.5, 0.6) is 0 Å². The first kappa shape index (κ1) is 15.1. The second-order valence-corrected chi connectivity index (χ2v) is 6.61. The molecule has 2 aromatic rings. The lowest BCUT2D eigenvalue weighted by molar-refractivity contribution is 0.235. The highest BCUT2D eigenvalue weighted by molar-refractivity contribution is 7.88. The summed E-state index contributed by atoms with van der Waals surface area (Å²) in [7, 11) is -2.30. The lowest BCUT2D eigenvalue weighted by atomic mass is 10.2. The molecular formula is C13H14ClNO4S. The Morgan fingerprint density at radius 2 is 1.95 bits per heavy atom. The van der Waals surface area contributed by atoms with Gasteiger partial charge in [0.1, 0.15) is 12.4 Å². The van der Waals surface area contributed by atoms with Gasteiger partial charge in [-0.25, -0.2) is 8.42 Å². The van der Waals surface area contributed by atoms with Gasteiger partial charge in [0.25, 0.3) is 10.0 Å². The Morgan fingerprint density at radius 1 is 1.25 bits per heavy atom. The van der Waals surface area contributed by atoms with Crippen molar-refractivity contribution in [1.29, 1.82) is 0 Å². The van der Waals surface area contributed by atoms with Gasteiger partial charge in [-0.1, -0.05) is 29.8 Å². The van der Waals surface area contributed by atoms with E-state index in [0.717, 1.165) is 4.31 Å². The van der Waals surface area contributed by atoms with E-state index in [9.17, 15) is 8.42 Å². The van der Waals surface area contributed by atoms with Crippen molar-refractivity contribution in [3.05, 3.63) is 52.7 Å². The predicted octanol–water partition coefficient (Wildman–Crippen LogP) is 2.25. The Labute approximate surface area is 122 Å². The zero-order chi connectivity index (χ0) is 14.8. The molecule has 1 aromatic heterocycles. The summed E-state index contributed by atoms with van der Waals surface area (Å²) in [6.45, 7) is -0.207. The van der Waals surface area contributed by atoms with E-state index in [2.05, 4.69) is 0 Å². The van der Waals surface area contributed by atoms with Gasteiger partial charge in [-0.2, -0.15) is 4.31 Å². The molecule has 0 saturated carbocycles. The standard InChI is InChI=1S/C13H14ClNO4S/c1-15(8-10-4-2-3-5-12(10)14)20(17,18)13-7-6-11(9-16)19-13/h2-7,16H,8-9H2,1H3. The third-order valence-electron chi connectivity index (χ3n) is 2.81. The third-order valence-corrected chi connectivity index (χ3v) is 4.85. The lowest BCUT2D eigenvalue weighted by Crippen LogP contribution is -2.26.